The number of hydrogen-bond acceptors (Lipinski definition) is 3. The molecule has 2 rings (SSSR count). The molecule has 0 radical (unpaired) electrons. The van der Waals surface area contributed by atoms with Gasteiger partial charge in [-0.05, 0) is 26.2 Å². The van der Waals surface area contributed by atoms with Gasteiger partial charge in [-0.25, -0.2) is 4.79 Å². The standard InChI is InChI=1S/C10H14N2O3/c1-6-5-12(10(15)11-9(6)14)7-2-3-8(13)4-7/h5,7-8,13H,2-4H2,1H3,(H,11,14,15)/t7-,8+/m0/s1. The highest BCUT2D eigenvalue weighted by Crippen LogP contribution is 2.28. The highest BCUT2D eigenvalue weighted by Gasteiger charge is 2.25. The summed E-state index contributed by atoms with van der Waals surface area (Å²) in [5, 5.41) is 9.39. The van der Waals surface area contributed by atoms with Gasteiger partial charge in [-0.1, -0.05) is 0 Å². The molecule has 1 aromatic rings. The minimum Gasteiger partial charge on any atom is -0.393 e. The fraction of sp³-hybridized carbons (Fsp3) is 0.600. The molecule has 1 saturated carbocycles. The van der Waals surface area contributed by atoms with Gasteiger partial charge in [-0.3, -0.25) is 14.3 Å². The maximum Gasteiger partial charge on any atom is 0.328 e. The van der Waals surface area contributed by atoms with Crippen LogP contribution in [0, 0.1) is 6.92 Å². The maximum absolute atomic E-state index is 11.5. The topological polar surface area (TPSA) is 75.1 Å². The molecule has 1 fully saturated rings. The van der Waals surface area contributed by atoms with Crippen LogP contribution in [0.25, 0.3) is 0 Å². The molecule has 1 heterocycles. The Labute approximate surface area is 86.4 Å². The SMILES string of the molecule is Cc1cn([C@H]2CC[C@@H](O)C2)c(=O)[nH]c1=O. The Hall–Kier alpha value is -1.36. The molecule has 5 nitrogen and oxygen atoms in total. The maximum atomic E-state index is 11.5. The number of rotatable bonds is 1. The van der Waals surface area contributed by atoms with Crippen molar-refractivity contribution in [3.63, 3.8) is 0 Å². The fourth-order valence-electron chi connectivity index (χ4n) is 2.04. The van der Waals surface area contributed by atoms with Crippen LogP contribution in [0.2, 0.25) is 0 Å². The summed E-state index contributed by atoms with van der Waals surface area (Å²) in [7, 11) is 0. The number of aliphatic hydroxyl groups is 1. The minimum absolute atomic E-state index is 0.0167. The molecule has 0 amide bonds. The van der Waals surface area contributed by atoms with Crippen LogP contribution in [-0.2, 0) is 0 Å². The molecule has 0 spiro atoms. The number of aromatic amines is 1. The van der Waals surface area contributed by atoms with Gasteiger partial charge in [0.25, 0.3) is 5.56 Å². The third-order valence-electron chi connectivity index (χ3n) is 2.92. The Morgan fingerprint density at radius 2 is 2.20 bits per heavy atom. The third kappa shape index (κ3) is 1.87. The van der Waals surface area contributed by atoms with Gasteiger partial charge in [0.05, 0.1) is 6.10 Å². The highest BCUT2D eigenvalue weighted by atomic mass is 16.3. The second-order valence-electron chi connectivity index (χ2n) is 4.10. The first-order chi connectivity index (χ1) is 7.08. The molecule has 0 aromatic carbocycles. The first-order valence-electron chi connectivity index (χ1n) is 5.08. The number of aliphatic hydroxyl groups excluding tert-OH is 1. The van der Waals surface area contributed by atoms with Crippen molar-refractivity contribution in [2.24, 2.45) is 0 Å². The van der Waals surface area contributed by atoms with E-state index in [1.807, 2.05) is 0 Å². The molecule has 5 heteroatoms. The van der Waals surface area contributed by atoms with Crippen molar-refractivity contribution in [1.82, 2.24) is 9.55 Å². The summed E-state index contributed by atoms with van der Waals surface area (Å²) in [5.41, 5.74) is -0.199. The summed E-state index contributed by atoms with van der Waals surface area (Å²) in [5.74, 6) is 0. The second kappa shape index (κ2) is 3.66. The number of nitrogens with one attached hydrogen (secondary N) is 1. The Morgan fingerprint density at radius 3 is 2.80 bits per heavy atom. The van der Waals surface area contributed by atoms with Gasteiger partial charge in [0.1, 0.15) is 0 Å². The number of nitrogens with zero attached hydrogens (tertiary/aromatic N) is 1. The molecule has 0 unspecified atom stereocenters. The van der Waals surface area contributed by atoms with E-state index in [0.29, 0.717) is 12.0 Å². The minimum atomic E-state index is -0.385. The molecule has 2 N–H and O–H groups in total. The van der Waals surface area contributed by atoms with Crippen LogP contribution in [0.1, 0.15) is 30.9 Å². The van der Waals surface area contributed by atoms with E-state index >= 15 is 0 Å². The van der Waals surface area contributed by atoms with Crippen molar-refractivity contribution < 1.29 is 5.11 Å². The Kier molecular flexibility index (Phi) is 2.48. The lowest BCUT2D eigenvalue weighted by Gasteiger charge is -2.13. The molecular weight excluding hydrogens is 196 g/mol. The van der Waals surface area contributed by atoms with E-state index in [1.54, 1.807) is 13.1 Å². The molecule has 1 aromatic heterocycles. The average Bonchev–Trinajstić information content (AvgIpc) is 2.58. The van der Waals surface area contributed by atoms with Gasteiger partial charge < -0.3 is 5.11 Å². The van der Waals surface area contributed by atoms with Gasteiger partial charge in [-0.2, -0.15) is 0 Å². The van der Waals surface area contributed by atoms with Gasteiger partial charge in [0, 0.05) is 17.8 Å². The van der Waals surface area contributed by atoms with Crippen LogP contribution >= 0.6 is 0 Å². The van der Waals surface area contributed by atoms with Crippen molar-refractivity contribution in [2.45, 2.75) is 38.3 Å². The first-order valence-corrected chi connectivity index (χ1v) is 5.08. The summed E-state index contributed by atoms with van der Waals surface area (Å²) >= 11 is 0. The summed E-state index contributed by atoms with van der Waals surface area (Å²) in [6.45, 7) is 1.67. The molecule has 1 aliphatic carbocycles. The van der Waals surface area contributed by atoms with Crippen LogP contribution in [0.15, 0.2) is 15.8 Å². The van der Waals surface area contributed by atoms with Crippen LogP contribution in [0.3, 0.4) is 0 Å². The number of aryl methyl sites for hydroxylation is 1. The van der Waals surface area contributed by atoms with E-state index in [4.69, 9.17) is 0 Å². The van der Waals surface area contributed by atoms with Crippen molar-refractivity contribution in [2.75, 3.05) is 0 Å². The van der Waals surface area contributed by atoms with Crippen LogP contribution in [-0.4, -0.2) is 20.8 Å². The lowest BCUT2D eigenvalue weighted by Crippen LogP contribution is -2.32. The normalized spacial score (nSPS) is 25.7. The van der Waals surface area contributed by atoms with Crippen molar-refractivity contribution in [3.8, 4) is 0 Å². The molecule has 2 atom stereocenters. The molecular formula is C10H14N2O3. The van der Waals surface area contributed by atoms with E-state index < -0.39 is 0 Å². The summed E-state index contributed by atoms with van der Waals surface area (Å²) in [6, 6.07) is 0.0167. The summed E-state index contributed by atoms with van der Waals surface area (Å²) < 4.78 is 1.52. The molecule has 0 saturated heterocycles. The van der Waals surface area contributed by atoms with Crippen LogP contribution in [0.5, 0.6) is 0 Å². The van der Waals surface area contributed by atoms with E-state index in [2.05, 4.69) is 4.98 Å². The quantitative estimate of drug-likeness (QED) is 0.681. The monoisotopic (exact) mass is 210 g/mol. The Bertz CT molecular complexity index is 474. The smallest absolute Gasteiger partial charge is 0.328 e. The highest BCUT2D eigenvalue weighted by molar-refractivity contribution is 5.02. The van der Waals surface area contributed by atoms with E-state index in [9.17, 15) is 14.7 Å². The van der Waals surface area contributed by atoms with E-state index in [-0.39, 0.29) is 23.4 Å². The molecule has 82 valence electrons. The van der Waals surface area contributed by atoms with Gasteiger partial charge in [0.15, 0.2) is 0 Å². The van der Waals surface area contributed by atoms with Gasteiger partial charge in [0.2, 0.25) is 0 Å². The summed E-state index contributed by atoms with van der Waals surface area (Å²) in [6.07, 6.45) is 3.34. The zero-order valence-electron chi connectivity index (χ0n) is 8.56. The average molecular weight is 210 g/mol. The molecule has 15 heavy (non-hydrogen) atoms. The van der Waals surface area contributed by atoms with Crippen LogP contribution < -0.4 is 11.2 Å². The van der Waals surface area contributed by atoms with Crippen molar-refractivity contribution >= 4 is 0 Å². The predicted molar refractivity (Wildman–Crippen MR) is 55.0 cm³/mol. The number of hydrogen-bond donors (Lipinski definition) is 2. The molecule has 0 bridgehead atoms. The van der Waals surface area contributed by atoms with Gasteiger partial charge in [-0.15, -0.1) is 0 Å². The summed E-state index contributed by atoms with van der Waals surface area (Å²) in [4.78, 5) is 24.9. The first kappa shape index (κ1) is 10.2. The zero-order chi connectivity index (χ0) is 11.0. The Balaban J connectivity index is 2.41. The fourth-order valence-corrected chi connectivity index (χ4v) is 2.04. The lowest BCUT2D eigenvalue weighted by atomic mass is 10.2. The molecule has 1 aliphatic rings. The predicted octanol–water partition coefficient (Wildman–Crippen LogP) is -0.0691. The number of H-pyrrole nitrogens is 1. The second-order valence-corrected chi connectivity index (χ2v) is 4.10. The van der Waals surface area contributed by atoms with Crippen molar-refractivity contribution in [3.05, 3.63) is 32.6 Å². The van der Waals surface area contributed by atoms with E-state index in [0.717, 1.165) is 12.8 Å². The lowest BCUT2D eigenvalue weighted by molar-refractivity contribution is 0.177. The van der Waals surface area contributed by atoms with Crippen LogP contribution in [0.4, 0.5) is 0 Å². The largest absolute Gasteiger partial charge is 0.393 e. The number of aromatic nitrogens is 2. The van der Waals surface area contributed by atoms with Crippen molar-refractivity contribution in [1.29, 1.82) is 0 Å². The third-order valence-corrected chi connectivity index (χ3v) is 2.92. The molecule has 0 aliphatic heterocycles. The zero-order valence-corrected chi connectivity index (χ0v) is 8.56. The Morgan fingerprint density at radius 1 is 1.47 bits per heavy atom. The van der Waals surface area contributed by atoms with Gasteiger partial charge >= 0.3 is 5.69 Å². The van der Waals surface area contributed by atoms with E-state index in [1.165, 1.54) is 4.57 Å².